The van der Waals surface area contributed by atoms with Crippen molar-refractivity contribution in [3.8, 4) is 0 Å². The molecule has 3 aliphatic carbocycles. The Kier molecular flexibility index (Phi) is 4.59. The van der Waals surface area contributed by atoms with Gasteiger partial charge in [-0.2, -0.15) is 0 Å². The fraction of sp³-hybridized carbons (Fsp3) is 0.591. The summed E-state index contributed by atoms with van der Waals surface area (Å²) in [6.07, 6.45) is 10.4. The quantitative estimate of drug-likeness (QED) is 0.491. The van der Waals surface area contributed by atoms with E-state index in [0.717, 1.165) is 30.4 Å². The summed E-state index contributed by atoms with van der Waals surface area (Å²) in [5.41, 5.74) is 5.32. The van der Waals surface area contributed by atoms with Gasteiger partial charge in [-0.15, -0.1) is 6.58 Å². The van der Waals surface area contributed by atoms with Gasteiger partial charge in [0.1, 0.15) is 6.10 Å². The highest BCUT2D eigenvalue weighted by atomic mass is 16.5. The fourth-order valence-electron chi connectivity index (χ4n) is 4.24. The molecule has 0 aliphatic heterocycles. The van der Waals surface area contributed by atoms with Crippen molar-refractivity contribution in [1.29, 1.82) is 0 Å². The maximum absolute atomic E-state index is 12.5. The van der Waals surface area contributed by atoms with Crippen LogP contribution in [0.4, 0.5) is 0 Å². The van der Waals surface area contributed by atoms with Crippen LogP contribution in [0.5, 0.6) is 0 Å². The number of hydrogen-bond acceptors (Lipinski definition) is 2. The smallest absolute Gasteiger partial charge is 0.310 e. The molecule has 3 rings (SSSR count). The first-order chi connectivity index (χ1) is 11.3. The van der Waals surface area contributed by atoms with Crippen molar-refractivity contribution < 1.29 is 9.53 Å². The third kappa shape index (κ3) is 3.29. The molecule has 0 N–H and O–H groups in total. The van der Waals surface area contributed by atoms with Gasteiger partial charge in [0.05, 0.1) is 5.92 Å². The van der Waals surface area contributed by atoms with E-state index in [1.54, 1.807) is 5.57 Å². The summed E-state index contributed by atoms with van der Waals surface area (Å²) in [5.74, 6) is 0.439. The first-order valence-corrected chi connectivity index (χ1v) is 9.24. The molecule has 0 bridgehead atoms. The van der Waals surface area contributed by atoms with Crippen LogP contribution in [-0.4, -0.2) is 12.1 Å². The molecule has 0 amide bonds. The molecule has 2 fully saturated rings. The monoisotopic (exact) mass is 326 g/mol. The van der Waals surface area contributed by atoms with Crippen molar-refractivity contribution in [2.45, 2.75) is 65.4 Å². The van der Waals surface area contributed by atoms with Crippen molar-refractivity contribution in [2.24, 2.45) is 17.3 Å². The number of carbonyl (C=O) groups excluding carboxylic acids is 1. The molecule has 0 aromatic heterocycles. The van der Waals surface area contributed by atoms with E-state index in [0.29, 0.717) is 11.3 Å². The van der Waals surface area contributed by atoms with Crippen LogP contribution in [0, 0.1) is 17.3 Å². The maximum Gasteiger partial charge on any atom is 0.310 e. The van der Waals surface area contributed by atoms with E-state index in [2.05, 4.69) is 40.0 Å². The van der Waals surface area contributed by atoms with E-state index in [1.807, 2.05) is 6.08 Å². The summed E-state index contributed by atoms with van der Waals surface area (Å²) >= 11 is 0. The van der Waals surface area contributed by atoms with Crippen LogP contribution in [0.1, 0.15) is 59.3 Å². The summed E-state index contributed by atoms with van der Waals surface area (Å²) in [5, 5.41) is 0. The van der Waals surface area contributed by atoms with E-state index < -0.39 is 0 Å². The average molecular weight is 326 g/mol. The molecule has 0 spiro atoms. The van der Waals surface area contributed by atoms with Gasteiger partial charge >= 0.3 is 5.97 Å². The maximum atomic E-state index is 12.5. The second-order valence-electron chi connectivity index (χ2n) is 8.32. The number of carbonyl (C=O) groups is 1. The second kappa shape index (κ2) is 6.38. The SMILES string of the molecule is C=CCC1=C(C)[C@@H](OC(=O)[C@@H]2C[C@@H]2C=C2CCCC2(C)C)CC1=C. The lowest BCUT2D eigenvalue weighted by Crippen LogP contribution is -2.19. The minimum atomic E-state index is -0.114. The van der Waals surface area contributed by atoms with Crippen LogP contribution in [0.3, 0.4) is 0 Å². The Labute approximate surface area is 146 Å². The molecule has 0 radical (unpaired) electrons. The Balaban J connectivity index is 1.59. The third-order valence-electron chi connectivity index (χ3n) is 6.10. The summed E-state index contributed by atoms with van der Waals surface area (Å²) in [7, 11) is 0. The largest absolute Gasteiger partial charge is 0.457 e. The van der Waals surface area contributed by atoms with Gasteiger partial charge in [0.15, 0.2) is 0 Å². The highest BCUT2D eigenvalue weighted by Crippen LogP contribution is 2.48. The van der Waals surface area contributed by atoms with Gasteiger partial charge in [0, 0.05) is 6.42 Å². The molecule has 2 saturated carbocycles. The molecular formula is C22H30O2. The van der Waals surface area contributed by atoms with E-state index in [4.69, 9.17) is 4.74 Å². The zero-order valence-electron chi connectivity index (χ0n) is 15.4. The second-order valence-corrected chi connectivity index (χ2v) is 8.32. The van der Waals surface area contributed by atoms with Crippen LogP contribution < -0.4 is 0 Å². The minimum Gasteiger partial charge on any atom is -0.457 e. The van der Waals surface area contributed by atoms with E-state index in [9.17, 15) is 4.79 Å². The minimum absolute atomic E-state index is 0.0235. The lowest BCUT2D eigenvalue weighted by Gasteiger charge is -2.19. The Morgan fingerprint density at radius 3 is 2.79 bits per heavy atom. The normalized spacial score (nSPS) is 33.2. The summed E-state index contributed by atoms with van der Waals surface area (Å²) < 4.78 is 5.82. The Morgan fingerprint density at radius 1 is 1.42 bits per heavy atom. The van der Waals surface area contributed by atoms with Crippen molar-refractivity contribution in [3.05, 3.63) is 47.6 Å². The molecule has 2 heteroatoms. The zero-order valence-corrected chi connectivity index (χ0v) is 15.4. The molecule has 3 atom stereocenters. The van der Waals surface area contributed by atoms with Crippen molar-refractivity contribution >= 4 is 5.97 Å². The predicted octanol–water partition coefficient (Wildman–Crippen LogP) is 5.52. The topological polar surface area (TPSA) is 26.3 Å². The van der Waals surface area contributed by atoms with Gasteiger partial charge in [0.25, 0.3) is 0 Å². The molecule has 0 saturated heterocycles. The van der Waals surface area contributed by atoms with Gasteiger partial charge in [-0.25, -0.2) is 0 Å². The molecule has 24 heavy (non-hydrogen) atoms. The van der Waals surface area contributed by atoms with E-state index >= 15 is 0 Å². The number of hydrogen-bond donors (Lipinski definition) is 0. The van der Waals surface area contributed by atoms with Crippen LogP contribution in [-0.2, 0) is 9.53 Å². The van der Waals surface area contributed by atoms with Gasteiger partial charge in [0.2, 0.25) is 0 Å². The van der Waals surface area contributed by atoms with Gasteiger partial charge in [-0.1, -0.05) is 38.2 Å². The van der Waals surface area contributed by atoms with Crippen molar-refractivity contribution in [3.63, 3.8) is 0 Å². The van der Waals surface area contributed by atoms with E-state index in [-0.39, 0.29) is 18.0 Å². The number of ether oxygens (including phenoxy) is 1. The molecule has 0 unspecified atom stereocenters. The van der Waals surface area contributed by atoms with Gasteiger partial charge in [-0.05, 0) is 67.1 Å². The molecule has 0 aromatic carbocycles. The number of allylic oxidation sites excluding steroid dienone is 4. The van der Waals surface area contributed by atoms with Crippen molar-refractivity contribution in [1.82, 2.24) is 0 Å². The first-order valence-electron chi connectivity index (χ1n) is 9.24. The lowest BCUT2D eigenvalue weighted by molar-refractivity contribution is -0.148. The molecule has 2 nitrogen and oxygen atoms in total. The molecular weight excluding hydrogens is 296 g/mol. The Bertz CT molecular complexity index is 632. The third-order valence-corrected chi connectivity index (χ3v) is 6.10. The van der Waals surface area contributed by atoms with Crippen LogP contribution in [0.15, 0.2) is 47.6 Å². The standard InChI is InChI=1S/C22H30O2/c1-6-8-18-14(2)11-20(15(18)3)24-21(23)19-13-16(19)12-17-9-7-10-22(17,4)5/h6,12,16,19-20H,1-2,7-11,13H2,3-5H3/t16-,19+,20-/m0/s1. The highest BCUT2D eigenvalue weighted by molar-refractivity contribution is 5.77. The lowest BCUT2D eigenvalue weighted by atomic mass is 9.86. The summed E-state index contributed by atoms with van der Waals surface area (Å²) in [6.45, 7) is 14.6. The van der Waals surface area contributed by atoms with Crippen molar-refractivity contribution in [2.75, 3.05) is 0 Å². The zero-order chi connectivity index (χ0) is 17.5. The Hall–Kier alpha value is -1.57. The van der Waals surface area contributed by atoms with Crippen LogP contribution in [0.2, 0.25) is 0 Å². The predicted molar refractivity (Wildman–Crippen MR) is 98.5 cm³/mol. The van der Waals surface area contributed by atoms with E-state index in [1.165, 1.54) is 24.8 Å². The summed E-state index contributed by atoms with van der Waals surface area (Å²) in [6, 6.07) is 0. The fourth-order valence-corrected chi connectivity index (χ4v) is 4.24. The average Bonchev–Trinajstić information content (AvgIpc) is 3.14. The van der Waals surface area contributed by atoms with Crippen LogP contribution in [0.25, 0.3) is 0 Å². The molecule has 0 aromatic rings. The number of esters is 1. The molecule has 130 valence electrons. The first kappa shape index (κ1) is 17.3. The summed E-state index contributed by atoms with van der Waals surface area (Å²) in [4.78, 5) is 12.5. The Morgan fingerprint density at radius 2 is 2.17 bits per heavy atom. The van der Waals surface area contributed by atoms with Gasteiger partial charge in [-0.3, -0.25) is 4.79 Å². The number of rotatable bonds is 5. The van der Waals surface area contributed by atoms with Gasteiger partial charge < -0.3 is 4.74 Å². The van der Waals surface area contributed by atoms with Crippen LogP contribution >= 0.6 is 0 Å². The molecule has 0 heterocycles. The highest BCUT2D eigenvalue weighted by Gasteiger charge is 2.45. The molecule has 3 aliphatic rings.